The zero-order valence-corrected chi connectivity index (χ0v) is 23.3. The topological polar surface area (TPSA) is 26.3 Å². The second-order valence-electron chi connectivity index (χ2n) is 9.76. The Morgan fingerprint density at radius 2 is 1.28 bits per heavy atom. The maximum Gasteiger partial charge on any atom is 0.336 e. The monoisotopic (exact) mass is 488 g/mol. The van der Waals surface area contributed by atoms with Crippen molar-refractivity contribution in [3.05, 3.63) is 102 Å². The van der Waals surface area contributed by atoms with Crippen LogP contribution in [0.4, 0.5) is 0 Å². The Balaban J connectivity index is 2.29. The molecule has 0 aliphatic carbocycles. The Hall–Kier alpha value is -2.87. The molecule has 0 unspecified atom stereocenters. The lowest BCUT2D eigenvalue weighted by molar-refractivity contribution is -0.129. The van der Waals surface area contributed by atoms with Crippen molar-refractivity contribution in [2.24, 2.45) is 0 Å². The first-order valence-corrected chi connectivity index (χ1v) is 13.8. The van der Waals surface area contributed by atoms with Gasteiger partial charge in [-0.3, -0.25) is 0 Å². The highest BCUT2D eigenvalue weighted by Gasteiger charge is 2.12. The third-order valence-electron chi connectivity index (χ3n) is 5.88. The van der Waals surface area contributed by atoms with Crippen molar-refractivity contribution >= 4 is 5.97 Å². The Bertz CT molecular complexity index is 907. The molecule has 0 aromatic heterocycles. The van der Waals surface area contributed by atoms with E-state index in [4.69, 9.17) is 4.74 Å². The SMILES string of the molecule is CCCCCCCCCC=CC=CC=CC=CC=CC=CC(=O)Oc1ccc(C(C)C)cc1C(C)C. The van der Waals surface area contributed by atoms with Gasteiger partial charge in [-0.1, -0.05) is 152 Å². The van der Waals surface area contributed by atoms with Crippen molar-refractivity contribution in [1.82, 2.24) is 0 Å². The summed E-state index contributed by atoms with van der Waals surface area (Å²) in [6.07, 6.45) is 33.8. The highest BCUT2D eigenvalue weighted by atomic mass is 16.5. The molecule has 0 heterocycles. The van der Waals surface area contributed by atoms with E-state index < -0.39 is 0 Å². The van der Waals surface area contributed by atoms with Gasteiger partial charge < -0.3 is 4.74 Å². The first kappa shape index (κ1) is 31.2. The van der Waals surface area contributed by atoms with Crippen molar-refractivity contribution in [2.45, 2.75) is 97.8 Å². The lowest BCUT2D eigenvalue weighted by Gasteiger charge is -2.15. The zero-order valence-electron chi connectivity index (χ0n) is 23.3. The molecule has 0 N–H and O–H groups in total. The molecule has 196 valence electrons. The van der Waals surface area contributed by atoms with Gasteiger partial charge in [-0.2, -0.15) is 0 Å². The van der Waals surface area contributed by atoms with Crippen LogP contribution in [0.25, 0.3) is 0 Å². The van der Waals surface area contributed by atoms with Crippen LogP contribution in [0.15, 0.2) is 91.1 Å². The maximum atomic E-state index is 12.2. The number of esters is 1. The summed E-state index contributed by atoms with van der Waals surface area (Å²) in [4.78, 5) is 12.2. The molecule has 0 fully saturated rings. The molecule has 2 heteroatoms. The van der Waals surface area contributed by atoms with Crippen molar-refractivity contribution in [1.29, 1.82) is 0 Å². The van der Waals surface area contributed by atoms with E-state index >= 15 is 0 Å². The van der Waals surface area contributed by atoms with Gasteiger partial charge >= 0.3 is 5.97 Å². The Morgan fingerprint density at radius 3 is 1.86 bits per heavy atom. The summed E-state index contributed by atoms with van der Waals surface area (Å²) in [5.41, 5.74) is 2.31. The van der Waals surface area contributed by atoms with Crippen LogP contribution >= 0.6 is 0 Å². The molecular formula is C34H48O2. The maximum absolute atomic E-state index is 12.2. The van der Waals surface area contributed by atoms with Gasteiger partial charge in [-0.15, -0.1) is 0 Å². The van der Waals surface area contributed by atoms with Gasteiger partial charge in [0.05, 0.1) is 0 Å². The summed E-state index contributed by atoms with van der Waals surface area (Å²) in [5.74, 6) is 0.999. The quantitative estimate of drug-likeness (QED) is 0.0716. The minimum atomic E-state index is -0.368. The summed E-state index contributed by atoms with van der Waals surface area (Å²) in [5, 5.41) is 0. The lowest BCUT2D eigenvalue weighted by Crippen LogP contribution is -2.07. The Labute approximate surface area is 221 Å². The van der Waals surface area contributed by atoms with Gasteiger partial charge in [0, 0.05) is 6.08 Å². The van der Waals surface area contributed by atoms with Crippen LogP contribution in [0, 0.1) is 0 Å². The van der Waals surface area contributed by atoms with E-state index in [0.717, 1.165) is 12.0 Å². The molecule has 1 aromatic carbocycles. The van der Waals surface area contributed by atoms with Gasteiger partial charge in [-0.25, -0.2) is 4.79 Å². The molecule has 0 amide bonds. The fraction of sp³-hybridized carbons (Fsp3) is 0.441. The minimum Gasteiger partial charge on any atom is -0.423 e. The zero-order chi connectivity index (χ0) is 26.4. The van der Waals surface area contributed by atoms with Crippen LogP contribution < -0.4 is 4.74 Å². The average molecular weight is 489 g/mol. The first-order valence-electron chi connectivity index (χ1n) is 13.8. The van der Waals surface area contributed by atoms with Gasteiger partial charge in [0.1, 0.15) is 5.75 Å². The Morgan fingerprint density at radius 1 is 0.722 bits per heavy atom. The summed E-state index contributed by atoms with van der Waals surface area (Å²) in [7, 11) is 0. The molecule has 0 aliphatic heterocycles. The number of unbranched alkanes of at least 4 members (excludes halogenated alkanes) is 7. The van der Waals surface area contributed by atoms with Gasteiger partial charge in [0.25, 0.3) is 0 Å². The van der Waals surface area contributed by atoms with Crippen molar-refractivity contribution in [3.8, 4) is 5.75 Å². The number of hydrogen-bond acceptors (Lipinski definition) is 2. The molecule has 0 spiro atoms. The van der Waals surface area contributed by atoms with Crippen molar-refractivity contribution in [2.75, 3.05) is 0 Å². The van der Waals surface area contributed by atoms with Crippen LogP contribution in [-0.4, -0.2) is 5.97 Å². The molecule has 0 bridgehead atoms. The molecular weight excluding hydrogens is 440 g/mol. The largest absolute Gasteiger partial charge is 0.423 e. The van der Waals surface area contributed by atoms with E-state index in [2.05, 4.69) is 58.9 Å². The van der Waals surface area contributed by atoms with Crippen LogP contribution in [0.5, 0.6) is 5.75 Å². The number of carbonyl (C=O) groups excluding carboxylic acids is 1. The third kappa shape index (κ3) is 15.2. The van der Waals surface area contributed by atoms with E-state index in [1.807, 2.05) is 54.7 Å². The van der Waals surface area contributed by atoms with Gasteiger partial charge in [0.2, 0.25) is 0 Å². The number of carbonyl (C=O) groups is 1. The fourth-order valence-electron chi connectivity index (χ4n) is 3.65. The molecule has 1 rings (SSSR count). The molecule has 2 nitrogen and oxygen atoms in total. The van der Waals surface area contributed by atoms with Crippen molar-refractivity contribution < 1.29 is 9.53 Å². The van der Waals surface area contributed by atoms with Crippen LogP contribution in [0.2, 0.25) is 0 Å². The average Bonchev–Trinajstić information content (AvgIpc) is 2.85. The highest BCUT2D eigenvalue weighted by Crippen LogP contribution is 2.30. The molecule has 36 heavy (non-hydrogen) atoms. The van der Waals surface area contributed by atoms with E-state index in [-0.39, 0.29) is 11.9 Å². The molecule has 0 radical (unpaired) electrons. The lowest BCUT2D eigenvalue weighted by atomic mass is 9.95. The van der Waals surface area contributed by atoms with Gasteiger partial charge in [-0.05, 0) is 41.9 Å². The predicted octanol–water partition coefficient (Wildman–Crippen LogP) is 10.3. The highest BCUT2D eigenvalue weighted by molar-refractivity contribution is 5.84. The van der Waals surface area contributed by atoms with Crippen LogP contribution in [0.3, 0.4) is 0 Å². The summed E-state index contributed by atoms with van der Waals surface area (Å²) < 4.78 is 5.58. The molecule has 1 aromatic rings. The number of ether oxygens (including phenoxy) is 1. The molecule has 0 saturated heterocycles. The smallest absolute Gasteiger partial charge is 0.336 e. The fourth-order valence-corrected chi connectivity index (χ4v) is 3.65. The second kappa shape index (κ2) is 20.3. The van der Waals surface area contributed by atoms with Gasteiger partial charge in [0.15, 0.2) is 0 Å². The second-order valence-corrected chi connectivity index (χ2v) is 9.76. The summed E-state index contributed by atoms with van der Waals surface area (Å²) >= 11 is 0. The predicted molar refractivity (Wildman–Crippen MR) is 158 cm³/mol. The third-order valence-corrected chi connectivity index (χ3v) is 5.88. The minimum absolute atomic E-state index is 0.286. The number of rotatable bonds is 17. The molecule has 0 saturated carbocycles. The standard InChI is InChI=1S/C34H48O2/c1-6-7-8-9-10-11-12-13-14-15-16-17-18-19-20-21-22-23-24-25-34(35)36-33-27-26-31(29(2)3)28-32(33)30(4)5/h14-30H,6-13H2,1-5H3. The molecule has 0 atom stereocenters. The van der Waals surface area contributed by atoms with E-state index in [1.165, 1.54) is 56.6 Å². The summed E-state index contributed by atoms with van der Waals surface area (Å²) in [6.45, 7) is 10.8. The van der Waals surface area contributed by atoms with Crippen molar-refractivity contribution in [3.63, 3.8) is 0 Å². The molecule has 0 aliphatic rings. The Kier molecular flexibility index (Phi) is 17.6. The number of allylic oxidation sites excluding steroid dienone is 11. The number of hydrogen-bond donors (Lipinski definition) is 0. The van der Waals surface area contributed by atoms with E-state index in [1.54, 1.807) is 6.08 Å². The van der Waals surface area contributed by atoms with E-state index in [0.29, 0.717) is 11.7 Å². The van der Waals surface area contributed by atoms with Crippen LogP contribution in [-0.2, 0) is 4.79 Å². The normalized spacial score (nSPS) is 12.9. The van der Waals surface area contributed by atoms with Crippen LogP contribution in [0.1, 0.15) is 109 Å². The summed E-state index contributed by atoms with van der Waals surface area (Å²) in [6, 6.07) is 6.08. The number of benzene rings is 1. The first-order chi connectivity index (χ1) is 17.5. The van der Waals surface area contributed by atoms with E-state index in [9.17, 15) is 4.79 Å².